The van der Waals surface area contributed by atoms with Gasteiger partial charge in [0.25, 0.3) is 0 Å². The molecule has 1 amide bonds. The Labute approximate surface area is 137 Å². The Morgan fingerprint density at radius 2 is 2.08 bits per heavy atom. The number of benzene rings is 1. The fourth-order valence-electron chi connectivity index (χ4n) is 2.96. The third kappa shape index (κ3) is 4.59. The summed E-state index contributed by atoms with van der Waals surface area (Å²) in [7, 11) is 2.74. The molecule has 134 valence electrons. The molecular weight excluding hydrogens is 328 g/mol. The normalized spacial score (nSPS) is 22.2. The van der Waals surface area contributed by atoms with Crippen LogP contribution in [0.4, 0.5) is 17.6 Å². The van der Waals surface area contributed by atoms with E-state index in [0.717, 1.165) is 0 Å². The second-order valence-electron chi connectivity index (χ2n) is 5.98. The van der Waals surface area contributed by atoms with Crippen LogP contribution in [0.15, 0.2) is 18.2 Å². The number of amides is 1. The Hall–Kier alpha value is -1.83. The minimum Gasteiger partial charge on any atom is -0.494 e. The third-order valence-corrected chi connectivity index (χ3v) is 4.15. The van der Waals surface area contributed by atoms with Crippen LogP contribution in [0.25, 0.3) is 0 Å². The Morgan fingerprint density at radius 1 is 1.38 bits per heavy atom. The van der Waals surface area contributed by atoms with Crippen LogP contribution in [0, 0.1) is 5.82 Å². The summed E-state index contributed by atoms with van der Waals surface area (Å²) in [6, 6.07) is 2.41. The van der Waals surface area contributed by atoms with Crippen molar-refractivity contribution >= 4 is 5.91 Å². The molecule has 0 spiro atoms. The molecule has 1 fully saturated rings. The maximum absolute atomic E-state index is 13.6. The minimum absolute atomic E-state index is 0.0379. The summed E-state index contributed by atoms with van der Waals surface area (Å²) >= 11 is 0. The number of likely N-dealkylation sites (tertiary alicyclic amines) is 1. The first kappa shape index (κ1) is 18.5. The van der Waals surface area contributed by atoms with E-state index in [1.807, 2.05) is 0 Å². The number of carbonyl (C=O) groups is 1. The van der Waals surface area contributed by atoms with Crippen molar-refractivity contribution in [1.82, 2.24) is 10.2 Å². The van der Waals surface area contributed by atoms with Crippen LogP contribution < -0.4 is 10.1 Å². The molecule has 0 bridgehead atoms. The van der Waals surface area contributed by atoms with Gasteiger partial charge in [-0.3, -0.25) is 9.69 Å². The van der Waals surface area contributed by atoms with Gasteiger partial charge in [0, 0.05) is 12.6 Å². The van der Waals surface area contributed by atoms with Crippen LogP contribution >= 0.6 is 0 Å². The Morgan fingerprint density at radius 3 is 2.62 bits per heavy atom. The van der Waals surface area contributed by atoms with Crippen molar-refractivity contribution in [2.24, 2.45) is 0 Å². The predicted octanol–water partition coefficient (Wildman–Crippen LogP) is 2.52. The van der Waals surface area contributed by atoms with Gasteiger partial charge in [0.15, 0.2) is 11.6 Å². The van der Waals surface area contributed by atoms with Gasteiger partial charge in [-0.2, -0.15) is 13.2 Å². The highest BCUT2D eigenvalue weighted by Gasteiger charge is 2.44. The average molecular weight is 348 g/mol. The molecule has 1 saturated heterocycles. The van der Waals surface area contributed by atoms with Gasteiger partial charge in [-0.15, -0.1) is 0 Å². The lowest BCUT2D eigenvalue weighted by Gasteiger charge is -2.38. The van der Waals surface area contributed by atoms with Crippen molar-refractivity contribution in [2.75, 3.05) is 20.7 Å². The van der Waals surface area contributed by atoms with E-state index in [9.17, 15) is 22.4 Å². The number of nitrogens with zero attached hydrogens (tertiary/aromatic N) is 1. The van der Waals surface area contributed by atoms with E-state index in [4.69, 9.17) is 4.74 Å². The molecule has 0 saturated carbocycles. The Kier molecular flexibility index (Phi) is 5.69. The predicted molar refractivity (Wildman–Crippen MR) is 80.3 cm³/mol. The molecule has 1 N–H and O–H groups in total. The first-order valence-corrected chi connectivity index (χ1v) is 7.59. The second-order valence-corrected chi connectivity index (χ2v) is 5.98. The molecule has 4 nitrogen and oxygen atoms in total. The van der Waals surface area contributed by atoms with E-state index in [2.05, 4.69) is 5.32 Å². The number of nitrogens with one attached hydrogen (secondary N) is 1. The third-order valence-electron chi connectivity index (χ3n) is 4.15. The maximum atomic E-state index is 13.6. The molecule has 1 heterocycles. The van der Waals surface area contributed by atoms with Crippen molar-refractivity contribution in [2.45, 2.75) is 37.5 Å². The molecule has 24 heavy (non-hydrogen) atoms. The fourth-order valence-corrected chi connectivity index (χ4v) is 2.96. The van der Waals surface area contributed by atoms with Gasteiger partial charge in [0.2, 0.25) is 5.91 Å². The molecule has 0 radical (unpaired) electrons. The highest BCUT2D eigenvalue weighted by atomic mass is 19.4. The molecule has 1 aliphatic heterocycles. The molecular formula is C16H20F4N2O2. The van der Waals surface area contributed by atoms with Crippen LogP contribution in [0.3, 0.4) is 0 Å². The standard InChI is InChI=1S/C16H20F4N2O2/c1-22-9-11(4-6-14(22)16(18,19)20)21-15(23)8-10-3-5-13(24-2)12(17)7-10/h3,5,7,11,14H,4,6,8-9H2,1-2H3,(H,21,23). The molecule has 0 aliphatic carbocycles. The summed E-state index contributed by atoms with van der Waals surface area (Å²) in [6.45, 7) is 0.132. The van der Waals surface area contributed by atoms with Crippen LogP contribution in [-0.4, -0.2) is 49.8 Å². The molecule has 8 heteroatoms. The lowest BCUT2D eigenvalue weighted by Crippen LogP contribution is -2.54. The summed E-state index contributed by atoms with van der Waals surface area (Å²) in [4.78, 5) is 13.2. The van der Waals surface area contributed by atoms with Crippen LogP contribution in [-0.2, 0) is 11.2 Å². The van der Waals surface area contributed by atoms with Gasteiger partial charge in [-0.1, -0.05) is 6.07 Å². The number of alkyl halides is 3. The van der Waals surface area contributed by atoms with E-state index < -0.39 is 18.0 Å². The van der Waals surface area contributed by atoms with Crippen molar-refractivity contribution < 1.29 is 27.1 Å². The van der Waals surface area contributed by atoms with Gasteiger partial charge < -0.3 is 10.1 Å². The molecule has 2 atom stereocenters. The van der Waals surface area contributed by atoms with E-state index in [0.29, 0.717) is 5.56 Å². The highest BCUT2D eigenvalue weighted by molar-refractivity contribution is 5.79. The average Bonchev–Trinajstić information content (AvgIpc) is 2.46. The topological polar surface area (TPSA) is 41.6 Å². The van der Waals surface area contributed by atoms with Crippen LogP contribution in [0.2, 0.25) is 0 Å². The summed E-state index contributed by atoms with van der Waals surface area (Å²) in [5.74, 6) is -0.817. The molecule has 1 aliphatic rings. The minimum atomic E-state index is -4.26. The fraction of sp³-hybridized carbons (Fsp3) is 0.562. The molecule has 2 rings (SSSR count). The Balaban J connectivity index is 1.88. The van der Waals surface area contributed by atoms with Crippen molar-refractivity contribution in [1.29, 1.82) is 0 Å². The first-order chi connectivity index (χ1) is 11.2. The number of rotatable bonds is 4. The first-order valence-electron chi connectivity index (χ1n) is 7.59. The zero-order valence-corrected chi connectivity index (χ0v) is 13.5. The van der Waals surface area contributed by atoms with Crippen LogP contribution in [0.5, 0.6) is 5.75 Å². The van der Waals surface area contributed by atoms with E-state index in [1.165, 1.54) is 31.2 Å². The second kappa shape index (κ2) is 7.38. The van der Waals surface area contributed by atoms with Gasteiger partial charge in [0.05, 0.1) is 13.5 Å². The molecule has 0 aromatic heterocycles. The van der Waals surface area contributed by atoms with E-state index >= 15 is 0 Å². The number of halogens is 4. The lowest BCUT2D eigenvalue weighted by molar-refractivity contribution is -0.188. The zero-order valence-electron chi connectivity index (χ0n) is 13.5. The summed E-state index contributed by atoms with van der Waals surface area (Å²) in [5.41, 5.74) is 0.475. The number of hydrogen-bond acceptors (Lipinski definition) is 3. The summed E-state index contributed by atoms with van der Waals surface area (Å²) < 4.78 is 56.8. The van der Waals surface area contributed by atoms with Crippen molar-refractivity contribution in [3.63, 3.8) is 0 Å². The summed E-state index contributed by atoms with van der Waals surface area (Å²) in [5, 5.41) is 2.72. The number of hydrogen-bond donors (Lipinski definition) is 1. The lowest BCUT2D eigenvalue weighted by atomic mass is 9.98. The Bertz CT molecular complexity index is 592. The van der Waals surface area contributed by atoms with Gasteiger partial charge >= 0.3 is 6.18 Å². The van der Waals surface area contributed by atoms with E-state index in [-0.39, 0.29) is 43.5 Å². The summed E-state index contributed by atoms with van der Waals surface area (Å²) in [6.07, 6.45) is -4.09. The van der Waals surface area contributed by atoms with Crippen LogP contribution in [0.1, 0.15) is 18.4 Å². The van der Waals surface area contributed by atoms with E-state index in [1.54, 1.807) is 6.07 Å². The maximum Gasteiger partial charge on any atom is 0.404 e. The highest BCUT2D eigenvalue weighted by Crippen LogP contribution is 2.30. The van der Waals surface area contributed by atoms with Gasteiger partial charge in [0.1, 0.15) is 6.04 Å². The molecule has 2 unspecified atom stereocenters. The van der Waals surface area contributed by atoms with Crippen molar-refractivity contribution in [3.8, 4) is 5.75 Å². The number of piperidine rings is 1. The van der Waals surface area contributed by atoms with Gasteiger partial charge in [-0.05, 0) is 37.6 Å². The largest absolute Gasteiger partial charge is 0.494 e. The zero-order chi connectivity index (χ0) is 17.9. The monoisotopic (exact) mass is 348 g/mol. The number of methoxy groups -OCH3 is 1. The van der Waals surface area contributed by atoms with Crippen molar-refractivity contribution in [3.05, 3.63) is 29.6 Å². The number of likely N-dealkylation sites (N-methyl/N-ethyl adjacent to an activating group) is 1. The SMILES string of the molecule is COc1ccc(CC(=O)NC2CCC(C(F)(F)F)N(C)C2)cc1F. The molecule has 1 aromatic carbocycles. The van der Waals surface area contributed by atoms with Gasteiger partial charge in [-0.25, -0.2) is 4.39 Å². The number of ether oxygens (including phenoxy) is 1. The smallest absolute Gasteiger partial charge is 0.404 e. The molecule has 1 aromatic rings. The quantitative estimate of drug-likeness (QED) is 0.851. The number of carbonyl (C=O) groups excluding carboxylic acids is 1.